The van der Waals surface area contributed by atoms with Gasteiger partial charge in [0.2, 0.25) is 0 Å². The number of hydrogen-bond donors (Lipinski definition) is 1. The lowest BCUT2D eigenvalue weighted by Crippen LogP contribution is -2.47. The van der Waals surface area contributed by atoms with Crippen molar-refractivity contribution in [1.29, 1.82) is 0 Å². The number of benzene rings is 1. The second-order valence-corrected chi connectivity index (χ2v) is 7.69. The van der Waals surface area contributed by atoms with E-state index in [1.54, 1.807) is 25.1 Å². The monoisotopic (exact) mass is 384 g/mol. The summed E-state index contributed by atoms with van der Waals surface area (Å²) in [6.07, 6.45) is 0. The average molecular weight is 384 g/mol. The van der Waals surface area contributed by atoms with Crippen LogP contribution in [0.3, 0.4) is 0 Å². The molecule has 3 heterocycles. The molecule has 1 aliphatic heterocycles. The minimum Gasteiger partial charge on any atom is -0.456 e. The Morgan fingerprint density at radius 1 is 1.15 bits per heavy atom. The van der Waals surface area contributed by atoms with Crippen LogP contribution in [0.4, 0.5) is 5.13 Å². The SMILES string of the molecule is Cc1ccc(C(=O)Nc2nc3ccc(C(=O)N4CCN(C)CC4)cc3s2)o1. The molecule has 3 aromatic rings. The highest BCUT2D eigenvalue weighted by Gasteiger charge is 2.21. The van der Waals surface area contributed by atoms with Crippen LogP contribution in [0, 0.1) is 6.92 Å². The van der Waals surface area contributed by atoms with E-state index >= 15 is 0 Å². The number of piperazine rings is 1. The molecule has 0 saturated carbocycles. The van der Waals surface area contributed by atoms with Gasteiger partial charge < -0.3 is 14.2 Å². The summed E-state index contributed by atoms with van der Waals surface area (Å²) < 4.78 is 6.19. The maximum atomic E-state index is 12.7. The van der Waals surface area contributed by atoms with Gasteiger partial charge in [-0.1, -0.05) is 11.3 Å². The molecule has 8 heteroatoms. The van der Waals surface area contributed by atoms with Crippen LogP contribution in [0.1, 0.15) is 26.7 Å². The number of hydrogen-bond acceptors (Lipinski definition) is 6. The van der Waals surface area contributed by atoms with E-state index in [0.29, 0.717) is 16.5 Å². The van der Waals surface area contributed by atoms with Gasteiger partial charge >= 0.3 is 0 Å². The zero-order valence-corrected chi connectivity index (χ0v) is 16.0. The molecule has 0 radical (unpaired) electrons. The molecule has 4 rings (SSSR count). The highest BCUT2D eigenvalue weighted by molar-refractivity contribution is 7.22. The van der Waals surface area contributed by atoms with Gasteiger partial charge in [0.15, 0.2) is 10.9 Å². The molecule has 1 fully saturated rings. The fourth-order valence-electron chi connectivity index (χ4n) is 3.02. The first kappa shape index (κ1) is 17.7. The second-order valence-electron chi connectivity index (χ2n) is 6.66. The molecule has 0 spiro atoms. The smallest absolute Gasteiger partial charge is 0.293 e. The Kier molecular flexibility index (Phi) is 4.67. The maximum Gasteiger partial charge on any atom is 0.293 e. The third-order valence-electron chi connectivity index (χ3n) is 4.61. The van der Waals surface area contributed by atoms with Gasteiger partial charge in [-0.05, 0) is 44.3 Å². The molecule has 1 aliphatic rings. The standard InChI is InChI=1S/C19H20N4O3S/c1-12-3-6-15(26-12)17(24)21-19-20-14-5-4-13(11-16(14)27-19)18(25)23-9-7-22(2)8-10-23/h3-6,11H,7-10H2,1-2H3,(H,20,21,24). The highest BCUT2D eigenvalue weighted by atomic mass is 32.1. The number of likely N-dealkylation sites (N-methyl/N-ethyl adjacent to an activating group) is 1. The average Bonchev–Trinajstić information content (AvgIpc) is 3.26. The summed E-state index contributed by atoms with van der Waals surface area (Å²) >= 11 is 1.34. The van der Waals surface area contributed by atoms with E-state index in [-0.39, 0.29) is 17.6 Å². The van der Waals surface area contributed by atoms with Crippen LogP contribution >= 0.6 is 11.3 Å². The van der Waals surface area contributed by atoms with Gasteiger partial charge in [0.05, 0.1) is 10.2 Å². The molecule has 2 amide bonds. The number of aryl methyl sites for hydroxylation is 1. The van der Waals surface area contributed by atoms with Crippen molar-refractivity contribution in [3.8, 4) is 0 Å². The molecular weight excluding hydrogens is 364 g/mol. The topological polar surface area (TPSA) is 78.7 Å². The molecule has 140 valence electrons. The number of nitrogens with zero attached hydrogens (tertiary/aromatic N) is 3. The quantitative estimate of drug-likeness (QED) is 0.751. The maximum absolute atomic E-state index is 12.7. The molecule has 1 N–H and O–H groups in total. The molecule has 27 heavy (non-hydrogen) atoms. The Bertz CT molecular complexity index is 1000. The van der Waals surface area contributed by atoms with Crippen LogP contribution in [0.25, 0.3) is 10.2 Å². The predicted molar refractivity (Wildman–Crippen MR) is 104 cm³/mol. The number of fused-ring (bicyclic) bond motifs is 1. The fourth-order valence-corrected chi connectivity index (χ4v) is 3.92. The van der Waals surface area contributed by atoms with Crippen molar-refractivity contribution in [3.63, 3.8) is 0 Å². The van der Waals surface area contributed by atoms with E-state index in [9.17, 15) is 9.59 Å². The number of thiazole rings is 1. The van der Waals surface area contributed by atoms with Crippen molar-refractivity contribution in [2.24, 2.45) is 0 Å². The first-order chi connectivity index (χ1) is 13.0. The summed E-state index contributed by atoms with van der Waals surface area (Å²) in [6, 6.07) is 8.83. The molecule has 1 aromatic carbocycles. The zero-order chi connectivity index (χ0) is 19.0. The fraction of sp³-hybridized carbons (Fsp3) is 0.316. The van der Waals surface area contributed by atoms with Gasteiger partial charge in [0, 0.05) is 31.7 Å². The lowest BCUT2D eigenvalue weighted by Gasteiger charge is -2.32. The van der Waals surface area contributed by atoms with Crippen LogP contribution in [0.5, 0.6) is 0 Å². The Labute approximate surface area is 160 Å². The van der Waals surface area contributed by atoms with E-state index in [1.165, 1.54) is 11.3 Å². The van der Waals surface area contributed by atoms with Crippen LogP contribution < -0.4 is 5.32 Å². The summed E-state index contributed by atoms with van der Waals surface area (Å²) in [5.74, 6) is 0.625. The van der Waals surface area contributed by atoms with Crippen LogP contribution in [0.2, 0.25) is 0 Å². The third-order valence-corrected chi connectivity index (χ3v) is 5.54. The minimum absolute atomic E-state index is 0.0371. The first-order valence-corrected chi connectivity index (χ1v) is 9.57. The van der Waals surface area contributed by atoms with E-state index in [1.807, 2.05) is 17.0 Å². The van der Waals surface area contributed by atoms with Gasteiger partial charge in [0.1, 0.15) is 5.76 Å². The Balaban J connectivity index is 1.51. The summed E-state index contributed by atoms with van der Waals surface area (Å²) in [5, 5.41) is 3.23. The van der Waals surface area contributed by atoms with Crippen LogP contribution in [-0.4, -0.2) is 59.8 Å². The number of rotatable bonds is 3. The normalized spacial score (nSPS) is 15.3. The lowest BCUT2D eigenvalue weighted by molar-refractivity contribution is 0.0664. The first-order valence-electron chi connectivity index (χ1n) is 8.76. The number of carbonyl (C=O) groups excluding carboxylic acids is 2. The largest absolute Gasteiger partial charge is 0.456 e. The van der Waals surface area contributed by atoms with Gasteiger partial charge in [0.25, 0.3) is 11.8 Å². The highest BCUT2D eigenvalue weighted by Crippen LogP contribution is 2.28. The Hall–Kier alpha value is -2.71. The molecule has 0 unspecified atom stereocenters. The van der Waals surface area contributed by atoms with Crippen LogP contribution in [0.15, 0.2) is 34.7 Å². The lowest BCUT2D eigenvalue weighted by atomic mass is 10.1. The van der Waals surface area contributed by atoms with Crippen LogP contribution in [-0.2, 0) is 0 Å². The van der Waals surface area contributed by atoms with Gasteiger partial charge in [-0.2, -0.15) is 0 Å². The molecule has 0 aliphatic carbocycles. The Morgan fingerprint density at radius 3 is 2.63 bits per heavy atom. The van der Waals surface area contributed by atoms with Gasteiger partial charge in [-0.15, -0.1) is 0 Å². The minimum atomic E-state index is -0.337. The van der Waals surface area contributed by atoms with Gasteiger partial charge in [-0.3, -0.25) is 14.9 Å². The molecule has 1 saturated heterocycles. The molecule has 7 nitrogen and oxygen atoms in total. The van der Waals surface area contributed by atoms with E-state index in [0.717, 1.165) is 36.4 Å². The third kappa shape index (κ3) is 3.72. The van der Waals surface area contributed by atoms with Crippen molar-refractivity contribution in [2.75, 3.05) is 38.5 Å². The van der Waals surface area contributed by atoms with Crippen molar-refractivity contribution in [1.82, 2.24) is 14.8 Å². The van der Waals surface area contributed by atoms with Crippen molar-refractivity contribution < 1.29 is 14.0 Å². The van der Waals surface area contributed by atoms with Gasteiger partial charge in [-0.25, -0.2) is 4.98 Å². The summed E-state index contributed by atoms with van der Waals surface area (Å²) in [4.78, 5) is 33.5. The number of nitrogens with one attached hydrogen (secondary N) is 1. The molecule has 2 aromatic heterocycles. The van der Waals surface area contributed by atoms with E-state index < -0.39 is 0 Å². The summed E-state index contributed by atoms with van der Waals surface area (Å²) in [5.41, 5.74) is 1.40. The molecule has 0 bridgehead atoms. The summed E-state index contributed by atoms with van der Waals surface area (Å²) in [7, 11) is 2.06. The van der Waals surface area contributed by atoms with Crippen molar-refractivity contribution in [2.45, 2.75) is 6.92 Å². The number of anilines is 1. The number of carbonyl (C=O) groups is 2. The van der Waals surface area contributed by atoms with E-state index in [2.05, 4.69) is 22.2 Å². The van der Waals surface area contributed by atoms with Crippen molar-refractivity contribution in [3.05, 3.63) is 47.4 Å². The zero-order valence-electron chi connectivity index (χ0n) is 15.2. The summed E-state index contributed by atoms with van der Waals surface area (Å²) in [6.45, 7) is 5.03. The number of furan rings is 1. The van der Waals surface area contributed by atoms with Crippen molar-refractivity contribution >= 4 is 38.5 Å². The number of amides is 2. The Morgan fingerprint density at radius 2 is 1.93 bits per heavy atom. The predicted octanol–water partition coefficient (Wildman–Crippen LogP) is 2.84. The number of aromatic nitrogens is 1. The second kappa shape index (κ2) is 7.13. The molecular formula is C19H20N4O3S. The molecule has 0 atom stereocenters. The van der Waals surface area contributed by atoms with E-state index in [4.69, 9.17) is 4.42 Å².